The molecule has 0 bridgehead atoms. The number of aldehydes is 1. The molecule has 1 atom stereocenters. The van der Waals surface area contributed by atoms with E-state index in [0.29, 0.717) is 23.7 Å². The second kappa shape index (κ2) is 6.12. The fourth-order valence-electron chi connectivity index (χ4n) is 1.21. The number of carbonyl (C=O) groups excluding carboxylic acids is 1. The number of hydrogen-bond acceptors (Lipinski definition) is 5. The highest BCUT2D eigenvalue weighted by Crippen LogP contribution is 2.31. The third kappa shape index (κ3) is 2.50. The molecule has 7 heteroatoms. The summed E-state index contributed by atoms with van der Waals surface area (Å²) in [5.74, 6) is 0. The van der Waals surface area contributed by atoms with Crippen molar-refractivity contribution in [3.05, 3.63) is 10.8 Å². The Morgan fingerprint density at radius 2 is 2.38 bits per heavy atom. The van der Waals surface area contributed by atoms with Gasteiger partial charge in [0.05, 0.1) is 6.61 Å². The number of nitrogens with zero attached hydrogens (tertiary/aromatic N) is 2. The molecule has 0 fully saturated rings. The summed E-state index contributed by atoms with van der Waals surface area (Å²) in [6.45, 7) is 4.55. The Bertz CT molecular complexity index is 370. The van der Waals surface area contributed by atoms with Crippen LogP contribution in [-0.4, -0.2) is 35.0 Å². The number of rotatable bonds is 3. The van der Waals surface area contributed by atoms with E-state index >= 15 is 0 Å². The van der Waals surface area contributed by atoms with Crippen LogP contribution in [0.4, 0.5) is 0 Å². The van der Waals surface area contributed by atoms with E-state index in [1.54, 1.807) is 11.8 Å². The molecule has 2 rings (SSSR count). The van der Waals surface area contributed by atoms with Crippen LogP contribution in [0.3, 0.4) is 0 Å². The third-order valence-corrected chi connectivity index (χ3v) is 3.08. The number of ether oxygens (including phenoxy) is 1. The van der Waals surface area contributed by atoms with Gasteiger partial charge in [0, 0.05) is 7.11 Å². The second-order valence-electron chi connectivity index (χ2n) is 2.71. The van der Waals surface area contributed by atoms with Crippen LogP contribution in [0, 0.1) is 0 Å². The SMILES string of the molecule is CC.COCC1Nn2c(nc(Cl)c2C=O)S1. The number of methoxy groups -OCH3 is 1. The molecule has 0 aliphatic carbocycles. The number of halogens is 1. The number of carbonyl (C=O) groups is 1. The van der Waals surface area contributed by atoms with Gasteiger partial charge in [0.15, 0.2) is 16.6 Å². The standard InChI is InChI=1S/C7H8ClN3O2S.C2H6/c1-13-3-5-10-11-4(2-12)6(8)9-7(11)14-5;1-2/h2,5,10H,3H2,1H3;1-2H3. The Labute approximate surface area is 103 Å². The lowest BCUT2D eigenvalue weighted by Crippen LogP contribution is -2.24. The molecule has 1 unspecified atom stereocenters. The molecule has 0 saturated carbocycles. The molecule has 0 aromatic carbocycles. The first-order chi connectivity index (χ1) is 7.76. The van der Waals surface area contributed by atoms with Crippen molar-refractivity contribution < 1.29 is 9.53 Å². The number of hydrogen-bond donors (Lipinski definition) is 1. The summed E-state index contributed by atoms with van der Waals surface area (Å²) in [5, 5.41) is 1.00. The summed E-state index contributed by atoms with van der Waals surface area (Å²) in [5.41, 5.74) is 3.41. The topological polar surface area (TPSA) is 56.1 Å². The maximum Gasteiger partial charge on any atom is 0.191 e. The predicted molar refractivity (Wildman–Crippen MR) is 64.9 cm³/mol. The number of thioether (sulfide) groups is 1. The minimum absolute atomic E-state index is 0.0819. The first kappa shape index (κ1) is 13.3. The molecule has 5 nitrogen and oxygen atoms in total. The Morgan fingerprint density at radius 1 is 1.69 bits per heavy atom. The minimum Gasteiger partial charge on any atom is -0.382 e. The molecule has 1 aliphatic heterocycles. The highest BCUT2D eigenvalue weighted by molar-refractivity contribution is 8.00. The van der Waals surface area contributed by atoms with E-state index < -0.39 is 0 Å². The molecule has 1 N–H and O–H groups in total. The van der Waals surface area contributed by atoms with Crippen molar-refractivity contribution in [3.63, 3.8) is 0 Å². The van der Waals surface area contributed by atoms with Crippen molar-refractivity contribution in [1.29, 1.82) is 0 Å². The summed E-state index contributed by atoms with van der Waals surface area (Å²) in [6, 6.07) is 0. The first-order valence-corrected chi connectivity index (χ1v) is 6.17. The summed E-state index contributed by atoms with van der Waals surface area (Å²) in [4.78, 5) is 14.7. The molecule has 0 spiro atoms. The van der Waals surface area contributed by atoms with Gasteiger partial charge in [-0.3, -0.25) is 4.79 Å². The normalized spacial score (nSPS) is 17.1. The van der Waals surface area contributed by atoms with Crippen LogP contribution in [0.2, 0.25) is 5.15 Å². The van der Waals surface area contributed by atoms with E-state index in [4.69, 9.17) is 16.3 Å². The van der Waals surface area contributed by atoms with E-state index in [2.05, 4.69) is 10.4 Å². The zero-order valence-electron chi connectivity index (χ0n) is 9.36. The van der Waals surface area contributed by atoms with Gasteiger partial charge in [-0.25, -0.2) is 9.66 Å². The van der Waals surface area contributed by atoms with Gasteiger partial charge in [0.1, 0.15) is 11.1 Å². The highest BCUT2D eigenvalue weighted by atomic mass is 35.5. The van der Waals surface area contributed by atoms with Crippen LogP contribution in [0.15, 0.2) is 5.16 Å². The van der Waals surface area contributed by atoms with Crippen molar-refractivity contribution in [3.8, 4) is 0 Å². The van der Waals surface area contributed by atoms with Crippen molar-refractivity contribution in [1.82, 2.24) is 9.66 Å². The molecular weight excluding hydrogens is 250 g/mol. The average Bonchev–Trinajstić information content (AvgIpc) is 2.77. The van der Waals surface area contributed by atoms with E-state index in [-0.39, 0.29) is 10.5 Å². The van der Waals surface area contributed by atoms with E-state index in [1.165, 1.54) is 11.8 Å². The van der Waals surface area contributed by atoms with Gasteiger partial charge in [-0.05, 0) is 0 Å². The number of imidazole rings is 1. The molecule has 0 radical (unpaired) electrons. The Kier molecular flexibility index (Phi) is 5.11. The number of nitrogens with one attached hydrogen (secondary N) is 1. The minimum atomic E-state index is 0.0819. The zero-order valence-corrected chi connectivity index (χ0v) is 10.9. The van der Waals surface area contributed by atoms with E-state index in [9.17, 15) is 4.79 Å². The van der Waals surface area contributed by atoms with Crippen molar-refractivity contribution in [2.45, 2.75) is 24.4 Å². The molecule has 1 aromatic rings. The van der Waals surface area contributed by atoms with Gasteiger partial charge < -0.3 is 10.2 Å². The molecule has 1 aromatic heterocycles. The number of fused-ring (bicyclic) bond motifs is 1. The Balaban J connectivity index is 0.000000606. The van der Waals surface area contributed by atoms with Gasteiger partial charge in [-0.15, -0.1) is 0 Å². The molecule has 0 saturated heterocycles. The average molecular weight is 264 g/mol. The molecule has 2 heterocycles. The van der Waals surface area contributed by atoms with Gasteiger partial charge in [-0.2, -0.15) is 0 Å². The van der Waals surface area contributed by atoms with E-state index in [1.807, 2.05) is 13.8 Å². The van der Waals surface area contributed by atoms with Crippen molar-refractivity contribution >= 4 is 29.6 Å². The van der Waals surface area contributed by atoms with Gasteiger partial charge in [-0.1, -0.05) is 37.2 Å². The summed E-state index contributed by atoms with van der Waals surface area (Å²) in [7, 11) is 1.62. The van der Waals surface area contributed by atoms with E-state index in [0.717, 1.165) is 0 Å². The van der Waals surface area contributed by atoms with Crippen molar-refractivity contribution in [2.75, 3.05) is 19.1 Å². The lowest BCUT2D eigenvalue weighted by Gasteiger charge is -2.09. The lowest BCUT2D eigenvalue weighted by atomic mass is 10.5. The monoisotopic (exact) mass is 263 g/mol. The van der Waals surface area contributed by atoms with Gasteiger partial charge >= 0.3 is 0 Å². The highest BCUT2D eigenvalue weighted by Gasteiger charge is 2.27. The smallest absolute Gasteiger partial charge is 0.191 e. The summed E-state index contributed by atoms with van der Waals surface area (Å²) >= 11 is 7.22. The zero-order chi connectivity index (χ0) is 12.1. The Hall–Kier alpha value is -0.720. The quantitative estimate of drug-likeness (QED) is 0.846. The Morgan fingerprint density at radius 3 is 2.94 bits per heavy atom. The second-order valence-corrected chi connectivity index (χ2v) is 4.24. The predicted octanol–water partition coefficient (Wildman–Crippen LogP) is 2.00. The molecule has 0 amide bonds. The maximum atomic E-state index is 10.7. The van der Waals surface area contributed by atoms with Crippen LogP contribution in [0.5, 0.6) is 0 Å². The van der Waals surface area contributed by atoms with Gasteiger partial charge in [0.25, 0.3) is 0 Å². The molecule has 16 heavy (non-hydrogen) atoms. The fraction of sp³-hybridized carbons (Fsp3) is 0.556. The van der Waals surface area contributed by atoms with Crippen LogP contribution in [0.25, 0.3) is 0 Å². The summed E-state index contributed by atoms with van der Waals surface area (Å²) < 4.78 is 6.57. The largest absolute Gasteiger partial charge is 0.382 e. The van der Waals surface area contributed by atoms with Crippen LogP contribution in [-0.2, 0) is 4.74 Å². The van der Waals surface area contributed by atoms with Crippen LogP contribution >= 0.6 is 23.4 Å². The van der Waals surface area contributed by atoms with Crippen molar-refractivity contribution in [2.24, 2.45) is 0 Å². The fourth-order valence-corrected chi connectivity index (χ4v) is 2.49. The van der Waals surface area contributed by atoms with Gasteiger partial charge in [0.2, 0.25) is 0 Å². The third-order valence-electron chi connectivity index (χ3n) is 1.79. The maximum absolute atomic E-state index is 10.7. The molecule has 1 aliphatic rings. The molecule has 90 valence electrons. The summed E-state index contributed by atoms with van der Waals surface area (Å²) in [6.07, 6.45) is 0.682. The van der Waals surface area contributed by atoms with Crippen LogP contribution in [0.1, 0.15) is 24.3 Å². The number of aromatic nitrogens is 2. The molecular formula is C9H14ClN3O2S. The lowest BCUT2D eigenvalue weighted by molar-refractivity contribution is 0.111. The van der Waals surface area contributed by atoms with Crippen LogP contribution < -0.4 is 5.43 Å². The first-order valence-electron chi connectivity index (χ1n) is 4.92.